The van der Waals surface area contributed by atoms with Gasteiger partial charge in [0.15, 0.2) is 11.5 Å². The average Bonchev–Trinajstić information content (AvgIpc) is 2.52. The highest BCUT2D eigenvalue weighted by molar-refractivity contribution is 6.31. The van der Waals surface area contributed by atoms with E-state index in [1.54, 1.807) is 13.2 Å². The predicted molar refractivity (Wildman–Crippen MR) is 98.0 cm³/mol. The molecule has 0 aromatic heterocycles. The molecule has 0 saturated carbocycles. The molecule has 0 fully saturated rings. The molecular weight excluding hydrogens is 352 g/mol. The van der Waals surface area contributed by atoms with Gasteiger partial charge in [-0.25, -0.2) is 4.39 Å². The second kappa shape index (κ2) is 9.72. The summed E-state index contributed by atoms with van der Waals surface area (Å²) < 4.78 is 24.2. The Hall–Kier alpha value is -1.49. The summed E-state index contributed by atoms with van der Waals surface area (Å²) in [6, 6.07) is 10.5. The normalized spacial score (nSPS) is 10.4. The quantitative estimate of drug-likeness (QED) is 0.741. The van der Waals surface area contributed by atoms with Crippen LogP contribution in [0.5, 0.6) is 11.5 Å². The zero-order chi connectivity index (χ0) is 16.8. The Morgan fingerprint density at radius 3 is 2.50 bits per heavy atom. The van der Waals surface area contributed by atoms with Gasteiger partial charge in [0, 0.05) is 18.2 Å². The van der Waals surface area contributed by atoms with Crippen molar-refractivity contribution in [1.82, 2.24) is 5.32 Å². The van der Waals surface area contributed by atoms with Gasteiger partial charge in [0.05, 0.1) is 12.1 Å². The summed E-state index contributed by atoms with van der Waals surface area (Å²) in [5.74, 6) is 0.922. The van der Waals surface area contributed by atoms with Gasteiger partial charge >= 0.3 is 0 Å². The zero-order valence-electron chi connectivity index (χ0n) is 13.9. The van der Waals surface area contributed by atoms with E-state index in [1.807, 2.05) is 18.2 Å². The molecule has 2 aromatic carbocycles. The first-order valence-corrected chi connectivity index (χ1v) is 7.84. The summed E-state index contributed by atoms with van der Waals surface area (Å²) in [4.78, 5) is 0. The van der Waals surface area contributed by atoms with Gasteiger partial charge in [0.25, 0.3) is 0 Å². The highest BCUT2D eigenvalue weighted by Gasteiger charge is 2.08. The van der Waals surface area contributed by atoms with E-state index in [0.29, 0.717) is 22.6 Å². The van der Waals surface area contributed by atoms with E-state index in [4.69, 9.17) is 21.1 Å². The maximum Gasteiger partial charge on any atom is 0.161 e. The first-order valence-electron chi connectivity index (χ1n) is 7.46. The van der Waals surface area contributed by atoms with E-state index in [9.17, 15) is 4.39 Å². The SMILES string of the molecule is COc1cc(CNC(C)C)ccc1OCc1ccc(F)cc1Cl.Cl. The number of rotatable bonds is 7. The Bertz CT molecular complexity index is 665. The Morgan fingerprint density at radius 1 is 1.12 bits per heavy atom. The molecule has 0 amide bonds. The molecule has 0 aliphatic heterocycles. The second-order valence-corrected chi connectivity index (χ2v) is 5.95. The molecule has 3 nitrogen and oxygen atoms in total. The smallest absolute Gasteiger partial charge is 0.161 e. The first kappa shape index (κ1) is 20.6. The molecule has 0 aliphatic rings. The highest BCUT2D eigenvalue weighted by atomic mass is 35.5. The molecular formula is C18H22Cl2FNO2. The van der Waals surface area contributed by atoms with E-state index >= 15 is 0 Å². The van der Waals surface area contributed by atoms with Crippen LogP contribution >= 0.6 is 24.0 Å². The van der Waals surface area contributed by atoms with Crippen molar-refractivity contribution in [2.45, 2.75) is 33.0 Å². The maximum absolute atomic E-state index is 13.1. The van der Waals surface area contributed by atoms with Crippen LogP contribution in [0.2, 0.25) is 5.02 Å². The van der Waals surface area contributed by atoms with Crippen LogP contribution in [0.3, 0.4) is 0 Å². The third-order valence-electron chi connectivity index (χ3n) is 3.34. The standard InChI is InChI=1S/C18H21ClFNO2.ClH/c1-12(2)21-10-13-4-7-17(18(8-13)22-3)23-11-14-5-6-15(20)9-16(14)19;/h4-9,12,21H,10-11H2,1-3H3;1H. The number of methoxy groups -OCH3 is 1. The van der Waals surface area contributed by atoms with Gasteiger partial charge in [0.2, 0.25) is 0 Å². The van der Waals surface area contributed by atoms with Crippen molar-refractivity contribution in [3.63, 3.8) is 0 Å². The van der Waals surface area contributed by atoms with Crippen LogP contribution in [-0.4, -0.2) is 13.2 Å². The van der Waals surface area contributed by atoms with Gasteiger partial charge in [-0.15, -0.1) is 12.4 Å². The van der Waals surface area contributed by atoms with Crippen molar-refractivity contribution >= 4 is 24.0 Å². The van der Waals surface area contributed by atoms with Crippen LogP contribution in [0.25, 0.3) is 0 Å². The Morgan fingerprint density at radius 2 is 1.88 bits per heavy atom. The predicted octanol–water partition coefficient (Wildman–Crippen LogP) is 4.99. The van der Waals surface area contributed by atoms with Gasteiger partial charge in [-0.2, -0.15) is 0 Å². The number of hydrogen-bond acceptors (Lipinski definition) is 3. The van der Waals surface area contributed by atoms with Crippen LogP contribution in [-0.2, 0) is 13.2 Å². The van der Waals surface area contributed by atoms with Crippen LogP contribution in [0.1, 0.15) is 25.0 Å². The third kappa shape index (κ3) is 5.86. The molecule has 0 heterocycles. The maximum atomic E-state index is 13.1. The second-order valence-electron chi connectivity index (χ2n) is 5.55. The Balaban J connectivity index is 0.00000288. The monoisotopic (exact) mass is 373 g/mol. The van der Waals surface area contributed by atoms with Gasteiger partial charge in [-0.05, 0) is 29.8 Å². The lowest BCUT2D eigenvalue weighted by Gasteiger charge is -2.14. The van der Waals surface area contributed by atoms with E-state index in [1.165, 1.54) is 12.1 Å². The van der Waals surface area contributed by atoms with Gasteiger partial charge in [-0.3, -0.25) is 0 Å². The first-order chi connectivity index (χ1) is 11.0. The number of halogens is 3. The van der Waals surface area contributed by atoms with Crippen LogP contribution in [0.4, 0.5) is 4.39 Å². The molecule has 2 aromatic rings. The zero-order valence-corrected chi connectivity index (χ0v) is 15.5. The number of hydrogen-bond donors (Lipinski definition) is 1. The molecule has 0 atom stereocenters. The fraction of sp³-hybridized carbons (Fsp3) is 0.333. The van der Waals surface area contributed by atoms with Crippen molar-refractivity contribution in [2.75, 3.05) is 7.11 Å². The topological polar surface area (TPSA) is 30.5 Å². The number of ether oxygens (including phenoxy) is 2. The van der Waals surface area contributed by atoms with Gasteiger partial charge in [0.1, 0.15) is 12.4 Å². The average molecular weight is 374 g/mol. The fourth-order valence-corrected chi connectivity index (χ4v) is 2.28. The van der Waals surface area contributed by atoms with Gasteiger partial charge < -0.3 is 14.8 Å². The van der Waals surface area contributed by atoms with Gasteiger partial charge in [-0.1, -0.05) is 37.6 Å². The van der Waals surface area contributed by atoms with E-state index in [2.05, 4.69) is 19.2 Å². The molecule has 132 valence electrons. The lowest BCUT2D eigenvalue weighted by atomic mass is 10.2. The summed E-state index contributed by atoms with van der Waals surface area (Å²) in [7, 11) is 1.60. The van der Waals surface area contributed by atoms with E-state index in [-0.39, 0.29) is 24.8 Å². The summed E-state index contributed by atoms with van der Waals surface area (Å²) in [5.41, 5.74) is 1.84. The molecule has 24 heavy (non-hydrogen) atoms. The van der Waals surface area contributed by atoms with E-state index in [0.717, 1.165) is 17.7 Å². The molecule has 0 aliphatic carbocycles. The molecule has 0 bridgehead atoms. The van der Waals surface area contributed by atoms with Crippen molar-refractivity contribution in [1.29, 1.82) is 0 Å². The third-order valence-corrected chi connectivity index (χ3v) is 3.69. The molecule has 2 rings (SSSR count). The minimum atomic E-state index is -0.363. The summed E-state index contributed by atoms with van der Waals surface area (Å²) in [6.45, 7) is 5.21. The molecule has 0 saturated heterocycles. The summed E-state index contributed by atoms with van der Waals surface area (Å²) in [5, 5.41) is 3.70. The molecule has 6 heteroatoms. The lowest BCUT2D eigenvalue weighted by molar-refractivity contribution is 0.284. The minimum absolute atomic E-state index is 0. The summed E-state index contributed by atoms with van der Waals surface area (Å²) in [6.07, 6.45) is 0. The lowest BCUT2D eigenvalue weighted by Crippen LogP contribution is -2.21. The molecule has 1 N–H and O–H groups in total. The van der Waals surface area contributed by atoms with Crippen LogP contribution < -0.4 is 14.8 Å². The number of benzene rings is 2. The Kier molecular flexibility index (Phi) is 8.32. The molecule has 0 spiro atoms. The van der Waals surface area contributed by atoms with Crippen molar-refractivity contribution in [3.8, 4) is 11.5 Å². The number of nitrogens with one attached hydrogen (secondary N) is 1. The minimum Gasteiger partial charge on any atom is -0.493 e. The highest BCUT2D eigenvalue weighted by Crippen LogP contribution is 2.29. The van der Waals surface area contributed by atoms with Crippen molar-refractivity contribution in [2.24, 2.45) is 0 Å². The molecule has 0 radical (unpaired) electrons. The van der Waals surface area contributed by atoms with Crippen LogP contribution in [0.15, 0.2) is 36.4 Å². The van der Waals surface area contributed by atoms with Crippen molar-refractivity contribution < 1.29 is 13.9 Å². The summed E-state index contributed by atoms with van der Waals surface area (Å²) >= 11 is 6.01. The van der Waals surface area contributed by atoms with E-state index < -0.39 is 0 Å². The largest absolute Gasteiger partial charge is 0.493 e. The molecule has 0 unspecified atom stereocenters. The Labute approximate surface area is 153 Å². The van der Waals surface area contributed by atoms with Crippen molar-refractivity contribution in [3.05, 3.63) is 58.4 Å². The van der Waals surface area contributed by atoms with Crippen LogP contribution in [0, 0.1) is 5.82 Å². The fourth-order valence-electron chi connectivity index (χ4n) is 2.06.